The predicted octanol–water partition coefficient (Wildman–Crippen LogP) is -2.67. The van der Waals surface area contributed by atoms with Crippen molar-refractivity contribution in [3.8, 4) is 0 Å². The van der Waals surface area contributed by atoms with E-state index in [1.807, 2.05) is 0 Å². The molecule has 0 spiro atoms. The summed E-state index contributed by atoms with van der Waals surface area (Å²) < 4.78 is 20.9. The molecule has 0 aromatic carbocycles. The van der Waals surface area contributed by atoms with Gasteiger partial charge in [-0.15, -0.1) is 0 Å². The fourth-order valence-electron chi connectivity index (χ4n) is 2.02. The summed E-state index contributed by atoms with van der Waals surface area (Å²) >= 11 is 0. The molecule has 0 rings (SSSR count). The molecule has 0 saturated carbocycles. The van der Waals surface area contributed by atoms with Gasteiger partial charge in [-0.1, -0.05) is 0 Å². The first kappa shape index (κ1) is 27.2. The Morgan fingerprint density at radius 1 is 0.690 bits per heavy atom. The van der Waals surface area contributed by atoms with Gasteiger partial charge in [0.15, 0.2) is 6.29 Å². The van der Waals surface area contributed by atoms with Gasteiger partial charge in [-0.2, -0.15) is 0 Å². The minimum Gasteiger partial charge on any atom is -0.465 e. The molecule has 12 heteroatoms. The molecule has 1 atom stereocenters. The maximum Gasteiger partial charge on any atom is 0.307 e. The minimum absolute atomic E-state index is 0.0212. The molecule has 0 bridgehead atoms. The van der Waals surface area contributed by atoms with Crippen LogP contribution in [0.15, 0.2) is 0 Å². The molecule has 0 radical (unpaired) electrons. The van der Waals surface area contributed by atoms with Gasteiger partial charge < -0.3 is 47.0 Å². The highest BCUT2D eigenvalue weighted by Gasteiger charge is 2.37. The summed E-state index contributed by atoms with van der Waals surface area (Å²) in [5.74, 6) is -1.75. The van der Waals surface area contributed by atoms with Crippen LogP contribution in [-0.2, 0) is 33.3 Å². The van der Waals surface area contributed by atoms with Gasteiger partial charge in [0.05, 0.1) is 31.3 Å². The second-order valence-electron chi connectivity index (χ2n) is 6.44. The second kappa shape index (κ2) is 16.0. The third-order valence-corrected chi connectivity index (χ3v) is 3.66. The zero-order valence-electron chi connectivity index (χ0n) is 16.7. The molecule has 12 nitrogen and oxygen atoms in total. The molecule has 1 unspecified atom stereocenters. The van der Waals surface area contributed by atoms with Crippen LogP contribution in [0.4, 0.5) is 0 Å². The number of hydrogen-bond acceptors (Lipinski definition) is 12. The van der Waals surface area contributed by atoms with Gasteiger partial charge in [-0.05, 0) is 6.54 Å². The Bertz CT molecular complexity index is 437. The highest BCUT2D eigenvalue weighted by atomic mass is 16.6. The van der Waals surface area contributed by atoms with Crippen molar-refractivity contribution in [3.63, 3.8) is 0 Å². The average Bonchev–Trinajstić information content (AvgIpc) is 2.68. The first-order valence-electron chi connectivity index (χ1n) is 9.39. The maximum absolute atomic E-state index is 11.8. The number of nitrogens with two attached hydrogens (primary N) is 4. The molecular weight excluding hydrogens is 388 g/mol. The first-order valence-corrected chi connectivity index (χ1v) is 9.39. The molecule has 0 heterocycles. The summed E-state index contributed by atoms with van der Waals surface area (Å²) in [7, 11) is 0. The standard InChI is InChI=1S/C17H34N4O8/c18-5-1-13(22)26-9-17(10-27-14(23)2-6-19,11-28-15(24)3-7-20)12-29-16(25)4-8-21/h13,22H,1-12,18-21H2. The van der Waals surface area contributed by atoms with Crippen LogP contribution >= 0.6 is 0 Å². The molecule has 170 valence electrons. The molecule has 0 amide bonds. The van der Waals surface area contributed by atoms with E-state index in [9.17, 15) is 19.5 Å². The summed E-state index contributed by atoms with van der Waals surface area (Å²) in [6, 6.07) is 0. The molecule has 0 fully saturated rings. The quantitative estimate of drug-likeness (QED) is 0.0922. The summed E-state index contributed by atoms with van der Waals surface area (Å²) in [5, 5.41) is 9.82. The third kappa shape index (κ3) is 13.1. The van der Waals surface area contributed by atoms with E-state index < -0.39 is 29.6 Å². The largest absolute Gasteiger partial charge is 0.465 e. The van der Waals surface area contributed by atoms with E-state index in [-0.39, 0.29) is 78.3 Å². The smallest absolute Gasteiger partial charge is 0.307 e. The lowest BCUT2D eigenvalue weighted by atomic mass is 9.92. The zero-order valence-corrected chi connectivity index (χ0v) is 16.7. The van der Waals surface area contributed by atoms with Crippen LogP contribution in [0.3, 0.4) is 0 Å². The van der Waals surface area contributed by atoms with Crippen LogP contribution in [0.1, 0.15) is 25.7 Å². The van der Waals surface area contributed by atoms with Crippen LogP contribution < -0.4 is 22.9 Å². The molecule has 0 aliphatic rings. The van der Waals surface area contributed by atoms with Crippen LogP contribution in [-0.4, -0.2) is 81.9 Å². The number of hydrogen-bond donors (Lipinski definition) is 5. The van der Waals surface area contributed by atoms with Crippen molar-refractivity contribution >= 4 is 17.9 Å². The molecule has 0 saturated heterocycles. The lowest BCUT2D eigenvalue weighted by Gasteiger charge is -2.32. The van der Waals surface area contributed by atoms with Crippen molar-refractivity contribution < 1.29 is 38.4 Å². The van der Waals surface area contributed by atoms with Gasteiger partial charge in [-0.25, -0.2) is 0 Å². The van der Waals surface area contributed by atoms with Crippen molar-refractivity contribution in [1.29, 1.82) is 0 Å². The fourth-order valence-corrected chi connectivity index (χ4v) is 2.02. The van der Waals surface area contributed by atoms with Crippen LogP contribution in [0.2, 0.25) is 0 Å². The fraction of sp³-hybridized carbons (Fsp3) is 0.824. The average molecular weight is 422 g/mol. The van der Waals surface area contributed by atoms with Gasteiger partial charge in [-0.3, -0.25) is 14.4 Å². The number of ether oxygens (including phenoxy) is 4. The van der Waals surface area contributed by atoms with E-state index in [1.165, 1.54) is 0 Å². The number of rotatable bonds is 17. The number of aliphatic hydroxyl groups is 1. The first-order chi connectivity index (χ1) is 13.8. The van der Waals surface area contributed by atoms with Gasteiger partial charge >= 0.3 is 17.9 Å². The topological polar surface area (TPSA) is 212 Å². The van der Waals surface area contributed by atoms with Gasteiger partial charge in [0.1, 0.15) is 19.8 Å². The highest BCUT2D eigenvalue weighted by Crippen LogP contribution is 2.22. The van der Waals surface area contributed by atoms with Crippen LogP contribution in [0, 0.1) is 5.41 Å². The van der Waals surface area contributed by atoms with Crippen LogP contribution in [0.5, 0.6) is 0 Å². The number of carbonyl (C=O) groups excluding carboxylic acids is 3. The van der Waals surface area contributed by atoms with Crippen molar-refractivity contribution in [2.75, 3.05) is 52.6 Å². The van der Waals surface area contributed by atoms with E-state index >= 15 is 0 Å². The normalized spacial score (nSPS) is 12.3. The Labute approximate surface area is 170 Å². The Kier molecular flexibility index (Phi) is 15.0. The van der Waals surface area contributed by atoms with E-state index in [1.54, 1.807) is 0 Å². The molecule has 0 aliphatic carbocycles. The Morgan fingerprint density at radius 3 is 1.38 bits per heavy atom. The molecular formula is C17H34N4O8. The molecule has 0 aromatic heterocycles. The number of esters is 3. The van der Waals surface area contributed by atoms with Crippen LogP contribution in [0.25, 0.3) is 0 Å². The number of carbonyl (C=O) groups is 3. The zero-order chi connectivity index (χ0) is 22.1. The van der Waals surface area contributed by atoms with Gasteiger partial charge in [0.25, 0.3) is 0 Å². The van der Waals surface area contributed by atoms with Crippen molar-refractivity contribution in [1.82, 2.24) is 0 Å². The summed E-state index contributed by atoms with van der Waals surface area (Å²) in [4.78, 5) is 35.3. The van der Waals surface area contributed by atoms with E-state index in [2.05, 4.69) is 0 Å². The SMILES string of the molecule is NCCC(=O)OCC(COC(=O)CCN)(COC(=O)CCN)COC(O)CCN. The molecule has 0 aliphatic heterocycles. The monoisotopic (exact) mass is 422 g/mol. The molecule has 0 aromatic rings. The summed E-state index contributed by atoms with van der Waals surface area (Å²) in [6.45, 7) is -0.684. The predicted molar refractivity (Wildman–Crippen MR) is 102 cm³/mol. The Balaban J connectivity index is 5.33. The van der Waals surface area contributed by atoms with E-state index in [0.717, 1.165) is 0 Å². The Hall–Kier alpha value is -1.83. The summed E-state index contributed by atoms with van der Waals surface area (Å²) in [6.07, 6.45) is -1.10. The highest BCUT2D eigenvalue weighted by molar-refractivity contribution is 5.70. The molecule has 9 N–H and O–H groups in total. The van der Waals surface area contributed by atoms with E-state index in [4.69, 9.17) is 41.9 Å². The van der Waals surface area contributed by atoms with Crippen molar-refractivity contribution in [2.45, 2.75) is 32.0 Å². The molecule has 29 heavy (non-hydrogen) atoms. The maximum atomic E-state index is 11.8. The third-order valence-electron chi connectivity index (χ3n) is 3.66. The lowest BCUT2D eigenvalue weighted by molar-refractivity contribution is -0.181. The minimum atomic E-state index is -1.26. The van der Waals surface area contributed by atoms with Crippen molar-refractivity contribution in [2.24, 2.45) is 28.3 Å². The van der Waals surface area contributed by atoms with E-state index in [0.29, 0.717) is 0 Å². The summed E-state index contributed by atoms with van der Waals surface area (Å²) in [5.41, 5.74) is 20.1. The number of aliphatic hydroxyl groups excluding tert-OH is 1. The van der Waals surface area contributed by atoms with Gasteiger partial charge in [0.2, 0.25) is 0 Å². The Morgan fingerprint density at radius 2 is 1.07 bits per heavy atom. The van der Waals surface area contributed by atoms with Crippen molar-refractivity contribution in [3.05, 3.63) is 0 Å². The van der Waals surface area contributed by atoms with Gasteiger partial charge in [0, 0.05) is 26.1 Å². The lowest BCUT2D eigenvalue weighted by Crippen LogP contribution is -2.44. The second-order valence-corrected chi connectivity index (χ2v) is 6.44.